The van der Waals surface area contributed by atoms with Gasteiger partial charge in [-0.1, -0.05) is 28.1 Å². The zero-order valence-corrected chi connectivity index (χ0v) is 19.1. The lowest BCUT2D eigenvalue weighted by atomic mass is 10.00. The van der Waals surface area contributed by atoms with Crippen molar-refractivity contribution in [2.24, 2.45) is 0 Å². The number of phenols is 1. The molecule has 3 heterocycles. The fraction of sp³-hybridized carbons (Fsp3) is 0.208. The number of pyridine rings is 1. The number of H-pyrrole nitrogens is 1. The van der Waals surface area contributed by atoms with Crippen molar-refractivity contribution in [2.45, 2.75) is 13.0 Å². The number of hydrogen-bond donors (Lipinski definition) is 3. The second-order valence-corrected chi connectivity index (χ2v) is 8.83. The van der Waals surface area contributed by atoms with Crippen LogP contribution in [0.3, 0.4) is 0 Å². The highest BCUT2D eigenvalue weighted by molar-refractivity contribution is 9.10. The highest BCUT2D eigenvalue weighted by Crippen LogP contribution is 2.31. The summed E-state index contributed by atoms with van der Waals surface area (Å²) >= 11 is 3.49. The third-order valence-electron chi connectivity index (χ3n) is 5.86. The molecule has 0 spiro atoms. The first-order chi connectivity index (χ1) is 15.5. The van der Waals surface area contributed by atoms with Crippen LogP contribution in [0, 0.1) is 6.92 Å². The number of phenolic OH excluding ortho intramolecular Hbond substituents is 1. The number of nitrogens with zero attached hydrogens (tertiary/aromatic N) is 3. The van der Waals surface area contributed by atoms with E-state index in [-0.39, 0.29) is 17.7 Å². The van der Waals surface area contributed by atoms with E-state index in [0.29, 0.717) is 30.0 Å². The van der Waals surface area contributed by atoms with Gasteiger partial charge in [0.1, 0.15) is 5.75 Å². The van der Waals surface area contributed by atoms with E-state index < -0.39 is 0 Å². The molecule has 0 bridgehead atoms. The molecule has 5 rings (SSSR count). The molecule has 1 atom stereocenters. The Hall–Kier alpha value is -3.23. The zero-order valence-electron chi connectivity index (χ0n) is 17.5. The molecule has 8 heteroatoms. The van der Waals surface area contributed by atoms with E-state index in [4.69, 9.17) is 0 Å². The van der Waals surface area contributed by atoms with Crippen molar-refractivity contribution < 1.29 is 9.90 Å². The van der Waals surface area contributed by atoms with E-state index in [0.717, 1.165) is 33.2 Å². The summed E-state index contributed by atoms with van der Waals surface area (Å²) in [6.45, 7) is 3.94. The van der Waals surface area contributed by atoms with Crippen LogP contribution < -0.4 is 5.32 Å². The molecule has 162 valence electrons. The molecule has 0 radical (unpaired) electrons. The molecule has 7 nitrogen and oxygen atoms in total. The Bertz CT molecular complexity index is 1280. The van der Waals surface area contributed by atoms with E-state index in [1.54, 1.807) is 24.3 Å². The van der Waals surface area contributed by atoms with Gasteiger partial charge < -0.3 is 15.3 Å². The number of nitrogens with one attached hydrogen (secondary N) is 2. The predicted molar refractivity (Wildman–Crippen MR) is 127 cm³/mol. The molecule has 4 aromatic rings. The number of amides is 1. The number of rotatable bonds is 3. The maximum Gasteiger partial charge on any atom is 0.255 e. The van der Waals surface area contributed by atoms with Gasteiger partial charge >= 0.3 is 0 Å². The smallest absolute Gasteiger partial charge is 0.255 e. The number of carbonyl (C=O) groups excluding carboxylic acids is 1. The molecule has 1 fully saturated rings. The van der Waals surface area contributed by atoms with Crippen molar-refractivity contribution in [2.75, 3.05) is 19.6 Å². The van der Waals surface area contributed by atoms with Crippen molar-refractivity contribution in [3.05, 3.63) is 75.9 Å². The van der Waals surface area contributed by atoms with E-state index in [1.165, 1.54) is 0 Å². The minimum absolute atomic E-state index is 0.0450. The first kappa shape index (κ1) is 20.7. The van der Waals surface area contributed by atoms with Gasteiger partial charge in [0.25, 0.3) is 5.91 Å². The molecular formula is C24H22BrN5O2. The van der Waals surface area contributed by atoms with Crippen LogP contribution in [-0.2, 0) is 0 Å². The number of aromatic amines is 1. The number of aryl methyl sites for hydroxylation is 1. The van der Waals surface area contributed by atoms with Crippen molar-refractivity contribution in [3.63, 3.8) is 0 Å². The van der Waals surface area contributed by atoms with Gasteiger partial charge in [0.05, 0.1) is 22.7 Å². The Kier molecular flexibility index (Phi) is 5.40. The third kappa shape index (κ3) is 3.76. The minimum Gasteiger partial charge on any atom is -0.508 e. The summed E-state index contributed by atoms with van der Waals surface area (Å²) in [5.74, 6) is 0.135. The Balaban J connectivity index is 1.60. The second kappa shape index (κ2) is 8.37. The molecular weight excluding hydrogens is 470 g/mol. The van der Waals surface area contributed by atoms with Crippen LogP contribution >= 0.6 is 15.9 Å². The molecule has 2 aromatic heterocycles. The van der Waals surface area contributed by atoms with Gasteiger partial charge in [0.15, 0.2) is 5.65 Å². The molecule has 3 N–H and O–H groups in total. The number of aromatic nitrogens is 3. The average Bonchev–Trinajstić information content (AvgIpc) is 3.20. The van der Waals surface area contributed by atoms with Crippen LogP contribution in [-0.4, -0.2) is 50.7 Å². The van der Waals surface area contributed by atoms with Gasteiger partial charge in [0, 0.05) is 35.4 Å². The molecule has 32 heavy (non-hydrogen) atoms. The van der Waals surface area contributed by atoms with Crippen molar-refractivity contribution >= 4 is 32.9 Å². The zero-order chi connectivity index (χ0) is 22.2. The molecule has 0 aliphatic carbocycles. The fourth-order valence-corrected chi connectivity index (χ4v) is 4.47. The topological polar surface area (TPSA) is 94.1 Å². The first-order valence-electron chi connectivity index (χ1n) is 10.4. The lowest BCUT2D eigenvalue weighted by molar-refractivity contribution is 0.0636. The van der Waals surface area contributed by atoms with E-state index in [2.05, 4.69) is 48.6 Å². The largest absolute Gasteiger partial charge is 0.508 e. The summed E-state index contributed by atoms with van der Waals surface area (Å²) in [6.07, 6.45) is 0. The molecule has 1 saturated heterocycles. The Morgan fingerprint density at radius 2 is 1.91 bits per heavy atom. The second-order valence-electron chi connectivity index (χ2n) is 7.92. The normalized spacial score (nSPS) is 16.4. The fourth-order valence-electron chi connectivity index (χ4n) is 4.21. The van der Waals surface area contributed by atoms with Gasteiger partial charge in [-0.15, -0.1) is 0 Å². The quantitative estimate of drug-likeness (QED) is 0.399. The number of aromatic hydroxyl groups is 1. The predicted octanol–water partition coefficient (Wildman–Crippen LogP) is 4.19. The van der Waals surface area contributed by atoms with Gasteiger partial charge in [0.2, 0.25) is 0 Å². The Morgan fingerprint density at radius 1 is 1.16 bits per heavy atom. The molecule has 1 unspecified atom stereocenters. The summed E-state index contributed by atoms with van der Waals surface area (Å²) in [5, 5.41) is 21.1. The summed E-state index contributed by atoms with van der Waals surface area (Å²) in [4.78, 5) is 20.5. The van der Waals surface area contributed by atoms with E-state index in [1.807, 2.05) is 30.0 Å². The number of piperazine rings is 1. The number of benzene rings is 2. The summed E-state index contributed by atoms with van der Waals surface area (Å²) in [5.41, 5.74) is 4.43. The van der Waals surface area contributed by atoms with Crippen molar-refractivity contribution in [3.8, 4) is 17.0 Å². The lowest BCUT2D eigenvalue weighted by Crippen LogP contribution is -2.48. The SMILES string of the molecule is Cc1[nH]nc2nc(-c3ccc(O)cc3)cc(C(=O)N3CCNCC3c3ccc(Br)cc3)c12. The number of carbonyl (C=O) groups is 1. The maximum absolute atomic E-state index is 13.9. The monoisotopic (exact) mass is 491 g/mol. The Morgan fingerprint density at radius 3 is 2.66 bits per heavy atom. The van der Waals surface area contributed by atoms with Crippen LogP contribution in [0.5, 0.6) is 5.75 Å². The Labute approximate surface area is 193 Å². The van der Waals surface area contributed by atoms with Gasteiger partial charge in [-0.05, 0) is 55.0 Å². The van der Waals surface area contributed by atoms with Gasteiger partial charge in [-0.25, -0.2) is 4.98 Å². The highest BCUT2D eigenvalue weighted by Gasteiger charge is 2.30. The molecule has 0 saturated carbocycles. The molecule has 1 aliphatic heterocycles. The average molecular weight is 492 g/mol. The van der Waals surface area contributed by atoms with Crippen molar-refractivity contribution in [1.82, 2.24) is 25.4 Å². The van der Waals surface area contributed by atoms with E-state index >= 15 is 0 Å². The van der Waals surface area contributed by atoms with E-state index in [9.17, 15) is 9.90 Å². The summed E-state index contributed by atoms with van der Waals surface area (Å²) < 4.78 is 1.01. The lowest BCUT2D eigenvalue weighted by Gasteiger charge is -2.37. The molecule has 1 amide bonds. The number of halogens is 1. The number of hydrogen-bond acceptors (Lipinski definition) is 5. The van der Waals surface area contributed by atoms with Gasteiger partial charge in [-0.2, -0.15) is 5.10 Å². The summed E-state index contributed by atoms with van der Waals surface area (Å²) in [7, 11) is 0. The van der Waals surface area contributed by atoms with Crippen LogP contribution in [0.15, 0.2) is 59.1 Å². The van der Waals surface area contributed by atoms with Crippen LogP contribution in [0.25, 0.3) is 22.3 Å². The first-order valence-corrected chi connectivity index (χ1v) is 11.2. The van der Waals surface area contributed by atoms with Crippen LogP contribution in [0.2, 0.25) is 0 Å². The molecule has 1 aliphatic rings. The van der Waals surface area contributed by atoms with Crippen LogP contribution in [0.1, 0.15) is 27.7 Å². The van der Waals surface area contributed by atoms with Gasteiger partial charge in [-0.3, -0.25) is 9.89 Å². The molecule has 2 aromatic carbocycles. The third-order valence-corrected chi connectivity index (χ3v) is 6.39. The minimum atomic E-state index is -0.0723. The van der Waals surface area contributed by atoms with Crippen LogP contribution in [0.4, 0.5) is 0 Å². The number of fused-ring (bicyclic) bond motifs is 1. The highest BCUT2D eigenvalue weighted by atomic mass is 79.9. The standard InChI is InChI=1S/C24H22BrN5O2/c1-14-22-19(12-20(27-23(22)29-28-14)15-4-8-18(31)9-5-15)24(32)30-11-10-26-13-21(30)16-2-6-17(25)7-3-16/h2-9,12,21,26,31H,10-11,13H2,1H3,(H,27,28,29). The summed E-state index contributed by atoms with van der Waals surface area (Å²) in [6, 6.07) is 16.7. The van der Waals surface area contributed by atoms with Crippen molar-refractivity contribution in [1.29, 1.82) is 0 Å². The maximum atomic E-state index is 13.9.